The fourth-order valence-corrected chi connectivity index (χ4v) is 7.02. The third kappa shape index (κ3) is 3.82. The molecule has 2 aliphatic carbocycles. The highest BCUT2D eigenvalue weighted by Crippen LogP contribution is 2.43. The van der Waals surface area contributed by atoms with Crippen molar-refractivity contribution in [3.63, 3.8) is 0 Å². The molecule has 5 atom stereocenters. The minimum atomic E-state index is -0.128. The molecule has 5 rings (SSSR count). The van der Waals surface area contributed by atoms with Gasteiger partial charge in [0.2, 0.25) is 0 Å². The predicted octanol–water partition coefficient (Wildman–Crippen LogP) is 5.82. The topological polar surface area (TPSA) is 38.1 Å². The van der Waals surface area contributed by atoms with Crippen molar-refractivity contribution < 1.29 is 0 Å². The Bertz CT molecular complexity index is 945. The zero-order valence-corrected chi connectivity index (χ0v) is 18.9. The highest BCUT2D eigenvalue weighted by atomic mass is 35.5. The lowest BCUT2D eigenvalue weighted by molar-refractivity contribution is 0.0107. The lowest BCUT2D eigenvalue weighted by Crippen LogP contribution is -2.52. The Hall–Kier alpha value is -1.39. The highest BCUT2D eigenvalue weighted by molar-refractivity contribution is 6.29. The number of aromatic nitrogens is 2. The lowest BCUT2D eigenvalue weighted by atomic mass is 9.69. The van der Waals surface area contributed by atoms with E-state index in [-0.39, 0.29) is 16.8 Å². The van der Waals surface area contributed by atoms with E-state index in [1.165, 1.54) is 51.4 Å². The van der Waals surface area contributed by atoms with Gasteiger partial charge in [-0.05, 0) is 62.5 Å². The van der Waals surface area contributed by atoms with Crippen LogP contribution in [-0.2, 0) is 0 Å². The number of hydrogen-bond acceptors (Lipinski definition) is 3. The maximum absolute atomic E-state index is 13.0. The minimum Gasteiger partial charge on any atom is -0.301 e. The quantitative estimate of drug-likeness (QED) is 0.616. The van der Waals surface area contributed by atoms with Crippen LogP contribution in [0.25, 0.3) is 11.0 Å². The van der Waals surface area contributed by atoms with Gasteiger partial charge < -0.3 is 4.57 Å². The predicted molar refractivity (Wildman–Crippen MR) is 123 cm³/mol. The van der Waals surface area contributed by atoms with Gasteiger partial charge in [0.1, 0.15) is 0 Å². The molecule has 1 saturated heterocycles. The molecule has 0 radical (unpaired) electrons. The van der Waals surface area contributed by atoms with E-state index in [0.717, 1.165) is 48.3 Å². The number of piperidine rings is 1. The van der Waals surface area contributed by atoms with Gasteiger partial charge in [-0.15, -0.1) is 0 Å². The van der Waals surface area contributed by atoms with Crippen LogP contribution in [0.4, 0.5) is 0 Å². The summed E-state index contributed by atoms with van der Waals surface area (Å²) in [4.78, 5) is 20.2. The van der Waals surface area contributed by atoms with Crippen molar-refractivity contribution in [3.05, 3.63) is 39.8 Å². The van der Waals surface area contributed by atoms with Gasteiger partial charge in [0.05, 0.1) is 11.0 Å². The van der Waals surface area contributed by atoms with Crippen LogP contribution in [0.3, 0.4) is 0 Å². The van der Waals surface area contributed by atoms with Crippen molar-refractivity contribution in [2.24, 2.45) is 11.8 Å². The van der Waals surface area contributed by atoms with E-state index >= 15 is 0 Å². The third-order valence-electron chi connectivity index (χ3n) is 8.05. The molecule has 2 aromatic rings. The summed E-state index contributed by atoms with van der Waals surface area (Å²) in [5.41, 5.74) is 1.61. The fourth-order valence-electron chi connectivity index (χ4n) is 6.83. The van der Waals surface area contributed by atoms with Crippen molar-refractivity contribution in [2.75, 3.05) is 6.54 Å². The second kappa shape index (κ2) is 8.63. The van der Waals surface area contributed by atoms with Gasteiger partial charge in [-0.25, -0.2) is 4.98 Å². The minimum absolute atomic E-state index is 0.100. The molecule has 3 fully saturated rings. The zero-order valence-electron chi connectivity index (χ0n) is 18.1. The summed E-state index contributed by atoms with van der Waals surface area (Å²) in [5.74, 6) is 1.90. The van der Waals surface area contributed by atoms with Crippen molar-refractivity contribution in [1.82, 2.24) is 14.5 Å². The van der Waals surface area contributed by atoms with Gasteiger partial charge in [0.15, 0.2) is 5.15 Å². The van der Waals surface area contributed by atoms with Gasteiger partial charge in [0.25, 0.3) is 5.56 Å². The molecule has 2 unspecified atom stereocenters. The summed E-state index contributed by atoms with van der Waals surface area (Å²) in [6, 6.07) is 9.45. The van der Waals surface area contributed by atoms with Gasteiger partial charge in [0, 0.05) is 24.7 Å². The molecule has 162 valence electrons. The SMILES string of the molecule is CCC[C@@H]1C[C@H](n2c(=O)c(Cl)nc3ccccc32)CCN1C1CC2CCC[C@H](C2)C1. The maximum Gasteiger partial charge on any atom is 0.288 e. The van der Waals surface area contributed by atoms with Crippen molar-refractivity contribution in [3.8, 4) is 0 Å². The van der Waals surface area contributed by atoms with Gasteiger partial charge >= 0.3 is 0 Å². The first-order chi connectivity index (χ1) is 14.6. The van der Waals surface area contributed by atoms with Crippen LogP contribution >= 0.6 is 11.6 Å². The number of halogens is 1. The van der Waals surface area contributed by atoms with Gasteiger partial charge in [-0.2, -0.15) is 0 Å². The number of rotatable bonds is 4. The monoisotopic (exact) mass is 427 g/mol. The Morgan fingerprint density at radius 1 is 1.03 bits per heavy atom. The lowest BCUT2D eigenvalue weighted by Gasteiger charge is -2.49. The molecular formula is C25H34ClN3O. The first-order valence-electron chi connectivity index (χ1n) is 12.1. The number of benzene rings is 1. The molecule has 1 aromatic heterocycles. The third-order valence-corrected chi connectivity index (χ3v) is 8.29. The van der Waals surface area contributed by atoms with Gasteiger partial charge in [-0.3, -0.25) is 9.69 Å². The molecule has 0 amide bonds. The smallest absolute Gasteiger partial charge is 0.288 e. The summed E-state index contributed by atoms with van der Waals surface area (Å²) >= 11 is 6.26. The van der Waals surface area contributed by atoms with E-state index in [1.807, 2.05) is 28.8 Å². The van der Waals surface area contributed by atoms with E-state index < -0.39 is 0 Å². The average molecular weight is 428 g/mol. The molecule has 1 aliphatic heterocycles. The molecule has 30 heavy (non-hydrogen) atoms. The number of nitrogens with zero attached hydrogens (tertiary/aromatic N) is 3. The Morgan fingerprint density at radius 3 is 2.57 bits per heavy atom. The summed E-state index contributed by atoms with van der Waals surface area (Å²) in [6.45, 7) is 3.39. The highest BCUT2D eigenvalue weighted by Gasteiger charge is 2.39. The van der Waals surface area contributed by atoms with E-state index in [9.17, 15) is 4.79 Å². The largest absolute Gasteiger partial charge is 0.301 e. The summed E-state index contributed by atoms with van der Waals surface area (Å²) in [6.07, 6.45) is 13.1. The molecule has 3 aliphatic rings. The van der Waals surface area contributed by atoms with Crippen LogP contribution in [0.1, 0.15) is 77.2 Å². The number of para-hydroxylation sites is 2. The molecule has 1 aromatic carbocycles. The zero-order chi connectivity index (χ0) is 20.7. The van der Waals surface area contributed by atoms with Crippen molar-refractivity contribution >= 4 is 22.6 Å². The Balaban J connectivity index is 1.42. The summed E-state index contributed by atoms with van der Waals surface area (Å²) < 4.78 is 1.96. The number of hydrogen-bond donors (Lipinski definition) is 0. The van der Waals surface area contributed by atoms with Crippen molar-refractivity contribution in [1.29, 1.82) is 0 Å². The molecule has 0 spiro atoms. The second-order valence-electron chi connectivity index (χ2n) is 9.95. The van der Waals surface area contributed by atoms with Crippen LogP contribution in [0.5, 0.6) is 0 Å². The number of fused-ring (bicyclic) bond motifs is 3. The molecular weight excluding hydrogens is 394 g/mol. The number of likely N-dealkylation sites (tertiary alicyclic amines) is 1. The standard InChI is InChI=1S/C25H34ClN3O/c1-2-6-19-16-20(29-23-10-4-3-9-22(23)27-24(26)25(29)30)11-12-28(19)21-14-17-7-5-8-18(13-17)15-21/h3-4,9-10,17-21H,2,5-8,11-16H2,1H3/t17-,18?,19-,20-,21?/m1/s1. The second-order valence-corrected chi connectivity index (χ2v) is 10.3. The van der Waals surface area contributed by atoms with E-state index in [0.29, 0.717) is 6.04 Å². The van der Waals surface area contributed by atoms with E-state index in [1.54, 1.807) is 0 Å². The molecule has 0 N–H and O–H groups in total. The van der Waals surface area contributed by atoms with Gasteiger partial charge in [-0.1, -0.05) is 56.3 Å². The van der Waals surface area contributed by atoms with E-state index in [4.69, 9.17) is 11.6 Å². The van der Waals surface area contributed by atoms with Crippen LogP contribution in [0, 0.1) is 11.8 Å². The maximum atomic E-state index is 13.0. The average Bonchev–Trinajstić information content (AvgIpc) is 2.74. The first kappa shape index (κ1) is 20.5. The van der Waals surface area contributed by atoms with Crippen LogP contribution in [-0.4, -0.2) is 33.1 Å². The summed E-state index contributed by atoms with van der Waals surface area (Å²) in [5, 5.41) is 0.100. The van der Waals surface area contributed by atoms with Crippen LogP contribution in [0.15, 0.2) is 29.1 Å². The Labute approximate surface area is 184 Å². The first-order valence-corrected chi connectivity index (χ1v) is 12.4. The Kier molecular flexibility index (Phi) is 5.90. The molecule has 2 bridgehead atoms. The van der Waals surface area contributed by atoms with Crippen LogP contribution in [0.2, 0.25) is 5.15 Å². The molecule has 2 saturated carbocycles. The van der Waals surface area contributed by atoms with E-state index in [2.05, 4.69) is 16.8 Å². The van der Waals surface area contributed by atoms with Crippen molar-refractivity contribution in [2.45, 2.75) is 89.3 Å². The molecule has 4 nitrogen and oxygen atoms in total. The van der Waals surface area contributed by atoms with Crippen LogP contribution < -0.4 is 5.56 Å². The fraction of sp³-hybridized carbons (Fsp3) is 0.680. The molecule has 5 heteroatoms. The summed E-state index contributed by atoms with van der Waals surface area (Å²) in [7, 11) is 0. The normalized spacial score (nSPS) is 32.4. The Morgan fingerprint density at radius 2 is 1.80 bits per heavy atom. The molecule has 2 heterocycles.